The molecule has 45 heavy (non-hydrogen) atoms. The molecular formula is C33H39N9O3. The molecule has 4 aromatic rings. The predicted molar refractivity (Wildman–Crippen MR) is 171 cm³/mol. The minimum Gasteiger partial charge on any atom is -0.378 e. The van der Waals surface area contributed by atoms with Gasteiger partial charge < -0.3 is 21.1 Å². The number of aromatic amines is 1. The second kappa shape index (κ2) is 14.1. The summed E-state index contributed by atoms with van der Waals surface area (Å²) in [5, 5.41) is 14.1. The summed E-state index contributed by atoms with van der Waals surface area (Å²) < 4.78 is 5.49. The smallest absolute Gasteiger partial charge is 0.251 e. The Balaban J connectivity index is 1.22. The number of tetrazole rings is 1. The molecule has 2 aromatic carbocycles. The van der Waals surface area contributed by atoms with E-state index in [0.717, 1.165) is 48.4 Å². The van der Waals surface area contributed by atoms with E-state index in [1.54, 1.807) is 24.3 Å². The number of anilines is 2. The second-order valence-electron chi connectivity index (χ2n) is 11.8. The van der Waals surface area contributed by atoms with Crippen molar-refractivity contribution < 1.29 is 14.3 Å². The van der Waals surface area contributed by atoms with Crippen LogP contribution in [0.2, 0.25) is 0 Å². The number of ether oxygens (including phenoxy) is 1. The monoisotopic (exact) mass is 609 g/mol. The average Bonchev–Trinajstić information content (AvgIpc) is 3.65. The molecule has 3 heterocycles. The van der Waals surface area contributed by atoms with E-state index >= 15 is 0 Å². The molecule has 2 aliphatic rings. The third kappa shape index (κ3) is 7.08. The summed E-state index contributed by atoms with van der Waals surface area (Å²) in [7, 11) is 0. The van der Waals surface area contributed by atoms with E-state index in [2.05, 4.69) is 36.6 Å². The molecule has 2 fully saturated rings. The zero-order chi connectivity index (χ0) is 31.2. The van der Waals surface area contributed by atoms with E-state index in [9.17, 15) is 9.59 Å². The van der Waals surface area contributed by atoms with Gasteiger partial charge in [0.2, 0.25) is 11.7 Å². The molecule has 1 saturated carbocycles. The first-order valence-electron chi connectivity index (χ1n) is 15.6. The van der Waals surface area contributed by atoms with Gasteiger partial charge in [0.25, 0.3) is 5.91 Å². The number of amides is 2. The molecule has 234 valence electrons. The van der Waals surface area contributed by atoms with Crippen LogP contribution in [0.25, 0.3) is 22.5 Å². The minimum atomic E-state index is -0.928. The number of carbonyl (C=O) groups is 2. The van der Waals surface area contributed by atoms with Gasteiger partial charge in [-0.3, -0.25) is 9.59 Å². The second-order valence-corrected chi connectivity index (χ2v) is 11.8. The van der Waals surface area contributed by atoms with Gasteiger partial charge in [-0.25, -0.2) is 9.88 Å². The predicted octanol–water partition coefficient (Wildman–Crippen LogP) is 2.96. The first-order valence-corrected chi connectivity index (χ1v) is 15.6. The lowest BCUT2D eigenvalue weighted by Gasteiger charge is -2.32. The molecule has 12 nitrogen and oxygen atoms in total. The zero-order valence-corrected chi connectivity index (χ0v) is 25.2. The number of rotatable bonds is 9. The molecule has 1 aliphatic heterocycles. The van der Waals surface area contributed by atoms with Crippen molar-refractivity contribution in [1.82, 2.24) is 25.6 Å². The first kappa shape index (κ1) is 30.5. The Labute approximate surface area is 262 Å². The van der Waals surface area contributed by atoms with Crippen molar-refractivity contribution >= 4 is 23.3 Å². The third-order valence-corrected chi connectivity index (χ3v) is 8.81. The number of hydrogen-bond acceptors (Lipinski definition) is 10. The number of hydrogen-bond donors (Lipinski definition) is 3. The maximum absolute atomic E-state index is 14.0. The Hall–Kier alpha value is -4.52. The molecule has 0 unspecified atom stereocenters. The van der Waals surface area contributed by atoms with Crippen LogP contribution in [-0.4, -0.2) is 76.3 Å². The molecule has 0 bridgehead atoms. The number of pyridine rings is 1. The number of nitrogens with one attached hydrogen (secondary N) is 1. The number of nitrogens with zero attached hydrogens (tertiary/aromatic N) is 6. The van der Waals surface area contributed by atoms with Crippen LogP contribution in [-0.2, 0) is 20.7 Å². The highest BCUT2D eigenvalue weighted by Gasteiger charge is 2.35. The average molecular weight is 610 g/mol. The lowest BCUT2D eigenvalue weighted by atomic mass is 9.81. The van der Waals surface area contributed by atoms with Crippen molar-refractivity contribution in [2.45, 2.75) is 38.1 Å². The summed E-state index contributed by atoms with van der Waals surface area (Å²) in [4.78, 5) is 36.1. The molecule has 1 saturated heterocycles. The van der Waals surface area contributed by atoms with Crippen molar-refractivity contribution in [3.63, 3.8) is 0 Å². The fraction of sp³-hybridized carbons (Fsp3) is 0.394. The van der Waals surface area contributed by atoms with Crippen LogP contribution in [0.4, 0.5) is 11.5 Å². The van der Waals surface area contributed by atoms with Crippen molar-refractivity contribution in [2.24, 2.45) is 23.3 Å². The Morgan fingerprint density at radius 3 is 2.44 bits per heavy atom. The largest absolute Gasteiger partial charge is 0.378 e. The first-order chi connectivity index (χ1) is 22.0. The van der Waals surface area contributed by atoms with Crippen LogP contribution in [0.5, 0.6) is 0 Å². The highest BCUT2D eigenvalue weighted by molar-refractivity contribution is 6.17. The van der Waals surface area contributed by atoms with E-state index in [-0.39, 0.29) is 18.2 Å². The maximum Gasteiger partial charge on any atom is 0.251 e. The number of aromatic nitrogens is 5. The summed E-state index contributed by atoms with van der Waals surface area (Å²) in [6.07, 6.45) is 5.22. The molecule has 1 atom stereocenters. The molecule has 0 spiro atoms. The number of nitrogens with two attached hydrogens (primary N) is 2. The Morgan fingerprint density at radius 2 is 1.73 bits per heavy atom. The number of carbonyl (C=O) groups excluding carboxylic acids is 2. The molecule has 1 aliphatic carbocycles. The summed E-state index contributed by atoms with van der Waals surface area (Å²) in [5.74, 6) is 0.821. The van der Waals surface area contributed by atoms with Crippen LogP contribution in [0.1, 0.15) is 31.2 Å². The van der Waals surface area contributed by atoms with Crippen LogP contribution >= 0.6 is 0 Å². The van der Waals surface area contributed by atoms with Crippen molar-refractivity contribution in [1.29, 1.82) is 0 Å². The van der Waals surface area contributed by atoms with E-state index in [0.29, 0.717) is 55.6 Å². The number of benzene rings is 2. The van der Waals surface area contributed by atoms with E-state index in [1.165, 1.54) is 4.90 Å². The zero-order valence-electron chi connectivity index (χ0n) is 25.2. The normalized spacial score (nSPS) is 19.2. The molecule has 5 N–H and O–H groups in total. The summed E-state index contributed by atoms with van der Waals surface area (Å²) in [5.41, 5.74) is 16.6. The standard InChI is InChI=1S/C33H39N9O3/c34-21-22-4-6-25(7-5-22)32(43)42(28-10-8-24(9-11-28)31-37-39-40-38-31)33(44)29(35)19-23-2-1-3-26(18-23)27-12-13-36-30(20-27)41-14-16-45-17-15-41/h1-3,8-13,18,20,22,25,29H,4-7,14-17,19,21,34-35H2,(H,37,38,39,40)/t22?,25?,29-/m0/s1. The van der Waals surface area contributed by atoms with E-state index < -0.39 is 11.9 Å². The lowest BCUT2D eigenvalue weighted by Crippen LogP contribution is -2.50. The quantitative estimate of drug-likeness (QED) is 0.256. The van der Waals surface area contributed by atoms with Gasteiger partial charge in [-0.05, 0) is 103 Å². The molecule has 2 amide bonds. The van der Waals surface area contributed by atoms with Gasteiger partial charge in [0.15, 0.2) is 0 Å². The summed E-state index contributed by atoms with van der Waals surface area (Å²) in [6.45, 7) is 3.59. The maximum atomic E-state index is 14.0. The lowest BCUT2D eigenvalue weighted by molar-refractivity contribution is -0.130. The number of H-pyrrole nitrogens is 1. The molecular weight excluding hydrogens is 570 g/mol. The number of morpholine rings is 1. The van der Waals surface area contributed by atoms with Crippen LogP contribution in [0.3, 0.4) is 0 Å². The van der Waals surface area contributed by atoms with Gasteiger partial charge in [-0.15, -0.1) is 10.2 Å². The fourth-order valence-corrected chi connectivity index (χ4v) is 6.18. The van der Waals surface area contributed by atoms with Crippen molar-refractivity contribution in [3.05, 3.63) is 72.4 Å². The van der Waals surface area contributed by atoms with Crippen LogP contribution in [0, 0.1) is 11.8 Å². The molecule has 2 aromatic heterocycles. The van der Waals surface area contributed by atoms with Gasteiger partial charge in [-0.2, -0.15) is 5.21 Å². The van der Waals surface area contributed by atoms with Gasteiger partial charge in [0.1, 0.15) is 5.82 Å². The summed E-state index contributed by atoms with van der Waals surface area (Å²) in [6, 6.07) is 18.1. The van der Waals surface area contributed by atoms with E-state index in [1.807, 2.05) is 36.5 Å². The van der Waals surface area contributed by atoms with Gasteiger partial charge in [-0.1, -0.05) is 24.3 Å². The van der Waals surface area contributed by atoms with Gasteiger partial charge in [0, 0.05) is 30.8 Å². The highest BCUT2D eigenvalue weighted by atomic mass is 16.5. The van der Waals surface area contributed by atoms with Crippen LogP contribution < -0.4 is 21.3 Å². The Morgan fingerprint density at radius 1 is 0.978 bits per heavy atom. The minimum absolute atomic E-state index is 0.223. The summed E-state index contributed by atoms with van der Waals surface area (Å²) >= 11 is 0. The Bertz CT molecular complexity index is 1580. The van der Waals surface area contributed by atoms with Gasteiger partial charge in [0.05, 0.1) is 24.9 Å². The van der Waals surface area contributed by atoms with Crippen LogP contribution in [0.15, 0.2) is 66.9 Å². The van der Waals surface area contributed by atoms with Crippen molar-refractivity contribution in [3.8, 4) is 22.5 Å². The fourth-order valence-electron chi connectivity index (χ4n) is 6.18. The molecule has 6 rings (SSSR count). The topological polar surface area (TPSA) is 169 Å². The number of imide groups is 1. The Kier molecular flexibility index (Phi) is 9.53. The molecule has 12 heteroatoms. The van der Waals surface area contributed by atoms with E-state index in [4.69, 9.17) is 16.2 Å². The van der Waals surface area contributed by atoms with Crippen molar-refractivity contribution in [2.75, 3.05) is 42.6 Å². The third-order valence-electron chi connectivity index (χ3n) is 8.81. The van der Waals surface area contributed by atoms with Gasteiger partial charge >= 0.3 is 0 Å². The molecule has 0 radical (unpaired) electrons. The highest BCUT2D eigenvalue weighted by Crippen LogP contribution is 2.32. The SMILES string of the molecule is NCC1CCC(C(=O)N(C(=O)[C@@H](N)Cc2cccc(-c3ccnc(N4CCOCC4)c3)c2)c2ccc(-c3nn[nH]n3)cc2)CC1.